The van der Waals surface area contributed by atoms with Crippen LogP contribution in [0.2, 0.25) is 19.1 Å². The molecule has 12 nitrogen and oxygen atoms in total. The highest BCUT2D eigenvalue weighted by Crippen LogP contribution is 2.18. The van der Waals surface area contributed by atoms with E-state index in [1.165, 1.54) is 0 Å². The molecule has 0 bridgehead atoms. The van der Waals surface area contributed by atoms with E-state index in [-0.39, 0.29) is 23.6 Å². The molecule has 0 unspecified atom stereocenters. The van der Waals surface area contributed by atoms with Gasteiger partial charge in [0.15, 0.2) is 25.3 Å². The van der Waals surface area contributed by atoms with Gasteiger partial charge in [0, 0.05) is 37.8 Å². The highest BCUT2D eigenvalue weighted by atomic mass is 28.4. The molecule has 0 aliphatic rings. The molecule has 0 saturated carbocycles. The monoisotopic (exact) mass is 525 g/mol. The highest BCUT2D eigenvalue weighted by molar-refractivity contribution is 6.69. The maximum Gasteiger partial charge on any atom is 0.251 e. The van der Waals surface area contributed by atoms with Gasteiger partial charge in [-0.2, -0.15) is 9.97 Å². The Bertz CT molecular complexity index is 1230. The van der Waals surface area contributed by atoms with E-state index in [0.717, 1.165) is 18.2 Å². The van der Waals surface area contributed by atoms with Gasteiger partial charge in [-0.25, -0.2) is 9.97 Å². The number of fused-ring (bicyclic) bond motifs is 1. The summed E-state index contributed by atoms with van der Waals surface area (Å²) in [5.74, 6) is -0.0112. The molecule has 0 spiro atoms. The van der Waals surface area contributed by atoms with Gasteiger partial charge >= 0.3 is 0 Å². The van der Waals surface area contributed by atoms with Crippen LogP contribution >= 0.6 is 0 Å². The first-order chi connectivity index (χ1) is 17.5. The smallest absolute Gasteiger partial charge is 0.251 e. The van der Waals surface area contributed by atoms with Crippen molar-refractivity contribution in [1.82, 2.24) is 30.6 Å². The van der Waals surface area contributed by atoms with Crippen LogP contribution in [0.4, 0.5) is 17.5 Å². The van der Waals surface area contributed by atoms with Crippen molar-refractivity contribution in [3.63, 3.8) is 0 Å². The largest absolute Gasteiger partial charge is 0.432 e. The summed E-state index contributed by atoms with van der Waals surface area (Å²) in [6, 6.07) is 7.97. The van der Waals surface area contributed by atoms with Crippen molar-refractivity contribution in [2.45, 2.75) is 44.9 Å². The molecule has 0 atom stereocenters. The molecule has 3 rings (SSSR count). The first kappa shape index (κ1) is 27.7. The third-order valence-corrected chi connectivity index (χ3v) is 7.20. The van der Waals surface area contributed by atoms with Gasteiger partial charge in [-0.3, -0.25) is 9.59 Å². The lowest BCUT2D eigenvalue weighted by Gasteiger charge is -2.19. The van der Waals surface area contributed by atoms with E-state index >= 15 is 0 Å². The van der Waals surface area contributed by atoms with Gasteiger partial charge < -0.3 is 31.8 Å². The number of hydrogen-bond acceptors (Lipinski definition) is 10. The highest BCUT2D eigenvalue weighted by Gasteiger charge is 2.16. The number of nitrogens with one attached hydrogen (secondary N) is 2. The van der Waals surface area contributed by atoms with Crippen LogP contribution in [0.1, 0.15) is 35.3 Å². The molecule has 0 saturated heterocycles. The topological polar surface area (TPSA) is 185 Å². The van der Waals surface area contributed by atoms with E-state index in [1.807, 2.05) is 37.2 Å². The molecule has 2 aromatic heterocycles. The van der Waals surface area contributed by atoms with E-state index in [4.69, 9.17) is 11.5 Å². The van der Waals surface area contributed by atoms with Crippen molar-refractivity contribution in [1.29, 1.82) is 0 Å². The maximum absolute atomic E-state index is 12.5. The van der Waals surface area contributed by atoms with Gasteiger partial charge in [-0.05, 0) is 56.2 Å². The Kier molecular flexibility index (Phi) is 9.30. The molecule has 37 heavy (non-hydrogen) atoms. The molecule has 0 radical (unpaired) electrons. The van der Waals surface area contributed by atoms with E-state index in [1.54, 1.807) is 18.3 Å². The van der Waals surface area contributed by atoms with Crippen molar-refractivity contribution < 1.29 is 14.4 Å². The molecule has 0 aliphatic heterocycles. The lowest BCUT2D eigenvalue weighted by Crippen LogP contribution is -2.30. The number of rotatable bonds is 12. The number of aromatic nitrogens is 4. The van der Waals surface area contributed by atoms with Crippen LogP contribution in [0, 0.1) is 0 Å². The Morgan fingerprint density at radius 1 is 1.03 bits per heavy atom. The summed E-state index contributed by atoms with van der Waals surface area (Å²) in [7, 11) is -0.160. The number of nitrogen functional groups attached to an aromatic ring is 2. The predicted molar refractivity (Wildman–Crippen MR) is 146 cm³/mol. The molecule has 3 aromatic rings. The number of nitrogens with two attached hydrogens (primary N) is 2. The van der Waals surface area contributed by atoms with Crippen LogP contribution in [0.15, 0.2) is 30.5 Å². The molecular formula is C24H35N9O3Si. The second-order valence-electron chi connectivity index (χ2n) is 9.53. The van der Waals surface area contributed by atoms with Crippen LogP contribution < -0.4 is 27.0 Å². The fourth-order valence-corrected chi connectivity index (χ4v) is 4.69. The fraction of sp³-hybridized carbons (Fsp3) is 0.417. The van der Waals surface area contributed by atoms with Gasteiger partial charge in [0.05, 0.1) is 18.4 Å². The molecule has 2 heterocycles. The Labute approximate surface area is 217 Å². The van der Waals surface area contributed by atoms with Crippen LogP contribution in [-0.2, 0) is 11.3 Å². The molecule has 1 aromatic carbocycles. The van der Waals surface area contributed by atoms with E-state index < -0.39 is 8.32 Å². The SMILES string of the molecule is CN(Cc1cnc2nc(N)nc(N)c2n1)c1ccc(C(=O)NCCCC(=O)NCCC[Si](C)(C)O)cc1. The zero-order valence-corrected chi connectivity index (χ0v) is 22.5. The minimum atomic E-state index is -2.06. The lowest BCUT2D eigenvalue weighted by atomic mass is 10.1. The van der Waals surface area contributed by atoms with Crippen LogP contribution in [0.3, 0.4) is 0 Å². The summed E-state index contributed by atoms with van der Waals surface area (Å²) < 4.78 is 0. The Morgan fingerprint density at radius 3 is 2.43 bits per heavy atom. The van der Waals surface area contributed by atoms with Crippen LogP contribution in [0.5, 0.6) is 0 Å². The standard InChI is InChI=1S/C24H35N9O3Si/c1-33(15-17-14-29-22-20(30-17)21(25)31-24(26)32-22)18-9-7-16(8-10-18)23(35)28-11-4-6-19(34)27-12-5-13-37(2,3)36/h7-10,14,36H,4-6,11-13,15H2,1-3H3,(H,27,34)(H,28,35)(H4,25,26,29,31,32). The lowest BCUT2D eigenvalue weighted by molar-refractivity contribution is -0.121. The zero-order chi connectivity index (χ0) is 27.0. The Hall–Kier alpha value is -3.84. The Balaban J connectivity index is 1.43. The fourth-order valence-electron chi connectivity index (χ4n) is 3.65. The molecule has 0 aliphatic carbocycles. The number of carbonyl (C=O) groups is 2. The van der Waals surface area contributed by atoms with E-state index in [0.29, 0.717) is 54.9 Å². The molecule has 7 N–H and O–H groups in total. The van der Waals surface area contributed by atoms with E-state index in [9.17, 15) is 14.4 Å². The number of anilines is 3. The van der Waals surface area contributed by atoms with Crippen molar-refractivity contribution >= 4 is 48.7 Å². The van der Waals surface area contributed by atoms with E-state index in [2.05, 4.69) is 30.6 Å². The van der Waals surface area contributed by atoms with Gasteiger partial charge in [-0.15, -0.1) is 0 Å². The maximum atomic E-state index is 12.5. The first-order valence-corrected chi connectivity index (χ1v) is 15.3. The average Bonchev–Trinajstić information content (AvgIpc) is 2.84. The van der Waals surface area contributed by atoms with Gasteiger partial charge in [0.1, 0.15) is 0 Å². The van der Waals surface area contributed by atoms with Crippen molar-refractivity contribution in [3.05, 3.63) is 41.7 Å². The minimum Gasteiger partial charge on any atom is -0.432 e. The summed E-state index contributed by atoms with van der Waals surface area (Å²) in [6.07, 6.45) is 3.28. The Morgan fingerprint density at radius 2 is 1.73 bits per heavy atom. The normalized spacial score (nSPS) is 11.4. The van der Waals surface area contributed by atoms with Gasteiger partial charge in [0.2, 0.25) is 11.9 Å². The summed E-state index contributed by atoms with van der Waals surface area (Å²) in [5.41, 5.74) is 14.3. The molecule has 2 amide bonds. The first-order valence-electron chi connectivity index (χ1n) is 12.1. The van der Waals surface area contributed by atoms with Crippen molar-refractivity contribution in [2.24, 2.45) is 0 Å². The molecular weight excluding hydrogens is 490 g/mol. The third kappa shape index (κ3) is 8.65. The molecule has 198 valence electrons. The third-order valence-electron chi connectivity index (χ3n) is 5.62. The van der Waals surface area contributed by atoms with Crippen molar-refractivity contribution in [3.8, 4) is 0 Å². The quantitative estimate of drug-likeness (QED) is 0.171. The number of amides is 2. The molecule has 13 heteroatoms. The number of carbonyl (C=O) groups excluding carboxylic acids is 2. The minimum absolute atomic E-state index is 0.0468. The average molecular weight is 526 g/mol. The number of nitrogens with zero attached hydrogens (tertiary/aromatic N) is 5. The van der Waals surface area contributed by atoms with Crippen LogP contribution in [-0.4, -0.2) is 65.0 Å². The van der Waals surface area contributed by atoms with Crippen molar-refractivity contribution in [2.75, 3.05) is 36.5 Å². The summed E-state index contributed by atoms with van der Waals surface area (Å²) in [6.45, 7) is 5.20. The zero-order valence-electron chi connectivity index (χ0n) is 21.5. The van der Waals surface area contributed by atoms with Gasteiger partial charge in [-0.1, -0.05) is 0 Å². The number of hydrogen-bond donors (Lipinski definition) is 5. The van der Waals surface area contributed by atoms with Crippen LogP contribution in [0.25, 0.3) is 11.2 Å². The summed E-state index contributed by atoms with van der Waals surface area (Å²) in [5, 5.41) is 5.70. The summed E-state index contributed by atoms with van der Waals surface area (Å²) >= 11 is 0. The molecule has 0 fully saturated rings. The number of benzene rings is 1. The second-order valence-corrected chi connectivity index (χ2v) is 13.7. The summed E-state index contributed by atoms with van der Waals surface area (Å²) in [4.78, 5) is 52.9. The predicted octanol–water partition coefficient (Wildman–Crippen LogP) is 1.43. The second kappa shape index (κ2) is 12.4. The van der Waals surface area contributed by atoms with Gasteiger partial charge in [0.25, 0.3) is 5.91 Å².